The van der Waals surface area contributed by atoms with Crippen LogP contribution in [0.4, 0.5) is 0 Å². The number of ether oxygens (including phenoxy) is 1. The van der Waals surface area contributed by atoms with Crippen molar-refractivity contribution in [3.05, 3.63) is 35.9 Å². The second-order valence-corrected chi connectivity index (χ2v) is 6.60. The Bertz CT molecular complexity index is 489. The van der Waals surface area contributed by atoms with Crippen molar-refractivity contribution in [1.29, 1.82) is 0 Å². The van der Waals surface area contributed by atoms with Gasteiger partial charge in [-0.3, -0.25) is 10.1 Å². The van der Waals surface area contributed by atoms with E-state index >= 15 is 0 Å². The molecule has 1 saturated heterocycles. The Kier molecular flexibility index (Phi) is 5.59. The van der Waals surface area contributed by atoms with Crippen molar-refractivity contribution >= 4 is 5.91 Å². The molecule has 0 aliphatic carbocycles. The lowest BCUT2D eigenvalue weighted by Crippen LogP contribution is -2.58. The predicted molar refractivity (Wildman–Crippen MR) is 88.7 cm³/mol. The van der Waals surface area contributed by atoms with Crippen LogP contribution in [-0.4, -0.2) is 43.2 Å². The fourth-order valence-electron chi connectivity index (χ4n) is 3.23. The van der Waals surface area contributed by atoms with E-state index in [4.69, 9.17) is 4.74 Å². The first-order valence-corrected chi connectivity index (χ1v) is 8.10. The van der Waals surface area contributed by atoms with E-state index in [0.29, 0.717) is 6.61 Å². The summed E-state index contributed by atoms with van der Waals surface area (Å²) in [6.45, 7) is 7.65. The van der Waals surface area contributed by atoms with Crippen molar-refractivity contribution in [3.8, 4) is 0 Å². The summed E-state index contributed by atoms with van der Waals surface area (Å²) in [5, 5.41) is 3.57. The third-order valence-electron chi connectivity index (χ3n) is 4.43. The van der Waals surface area contributed by atoms with Gasteiger partial charge in [-0.15, -0.1) is 0 Å². The molecule has 1 aliphatic rings. The molecule has 1 aromatic carbocycles. The number of nitrogens with one attached hydrogen (secondary N) is 1. The lowest BCUT2D eigenvalue weighted by Gasteiger charge is -2.40. The van der Waals surface area contributed by atoms with Gasteiger partial charge in [0.1, 0.15) is 0 Å². The van der Waals surface area contributed by atoms with Gasteiger partial charge < -0.3 is 9.64 Å². The molecule has 122 valence electrons. The number of piperidine rings is 1. The zero-order valence-corrected chi connectivity index (χ0v) is 14.1. The fraction of sp³-hybridized carbons (Fsp3) is 0.611. The van der Waals surface area contributed by atoms with Crippen LogP contribution in [-0.2, 0) is 15.1 Å². The van der Waals surface area contributed by atoms with E-state index < -0.39 is 0 Å². The molecule has 2 rings (SSSR count). The van der Waals surface area contributed by atoms with Crippen molar-refractivity contribution in [3.63, 3.8) is 0 Å². The molecule has 0 spiro atoms. The van der Waals surface area contributed by atoms with E-state index in [1.807, 2.05) is 23.1 Å². The van der Waals surface area contributed by atoms with Crippen LogP contribution in [0.25, 0.3) is 0 Å². The van der Waals surface area contributed by atoms with Crippen molar-refractivity contribution in [2.45, 2.75) is 51.2 Å². The number of amides is 1. The molecule has 0 aromatic heterocycles. The number of hydrogen-bond donors (Lipinski definition) is 1. The number of carbonyl (C=O) groups excluding carboxylic acids is 1. The number of methoxy groups -OCH3 is 1. The first kappa shape index (κ1) is 17.0. The Morgan fingerprint density at radius 1 is 1.36 bits per heavy atom. The van der Waals surface area contributed by atoms with E-state index in [9.17, 15) is 4.79 Å². The molecule has 4 nitrogen and oxygen atoms in total. The summed E-state index contributed by atoms with van der Waals surface area (Å²) >= 11 is 0. The van der Waals surface area contributed by atoms with Gasteiger partial charge in [0, 0.05) is 19.7 Å². The molecule has 1 amide bonds. The summed E-state index contributed by atoms with van der Waals surface area (Å²) in [5.41, 5.74) is 0.780. The lowest BCUT2D eigenvalue weighted by molar-refractivity contribution is -0.138. The maximum absolute atomic E-state index is 12.7. The van der Waals surface area contributed by atoms with Crippen molar-refractivity contribution in [1.82, 2.24) is 10.2 Å². The highest BCUT2D eigenvalue weighted by Crippen LogP contribution is 2.25. The normalized spacial score (nSPS) is 22.0. The van der Waals surface area contributed by atoms with Crippen LogP contribution in [0.1, 0.15) is 39.2 Å². The largest absolute Gasteiger partial charge is 0.382 e. The second kappa shape index (κ2) is 7.25. The zero-order valence-electron chi connectivity index (χ0n) is 14.1. The van der Waals surface area contributed by atoms with Crippen molar-refractivity contribution in [2.75, 3.05) is 20.3 Å². The smallest absolute Gasteiger partial charge is 0.239 e. The Morgan fingerprint density at radius 3 is 2.64 bits per heavy atom. The minimum atomic E-state index is -0.365. The zero-order chi connectivity index (χ0) is 16.2. The van der Waals surface area contributed by atoms with Gasteiger partial charge in [-0.25, -0.2) is 0 Å². The van der Waals surface area contributed by atoms with E-state index in [0.717, 1.165) is 24.9 Å². The number of nitrogens with zero attached hydrogens (tertiary/aromatic N) is 1. The van der Waals surface area contributed by atoms with E-state index in [-0.39, 0.29) is 23.5 Å². The number of rotatable bonds is 6. The van der Waals surface area contributed by atoms with E-state index in [1.54, 1.807) is 7.11 Å². The van der Waals surface area contributed by atoms with E-state index in [1.165, 1.54) is 0 Å². The Balaban J connectivity index is 2.19. The number of carbonyl (C=O) groups is 1. The van der Waals surface area contributed by atoms with Gasteiger partial charge in [-0.2, -0.15) is 0 Å². The topological polar surface area (TPSA) is 41.6 Å². The average molecular weight is 304 g/mol. The maximum atomic E-state index is 12.7. The van der Waals surface area contributed by atoms with Gasteiger partial charge in [0.2, 0.25) is 5.91 Å². The van der Waals surface area contributed by atoms with Gasteiger partial charge in [-0.05, 0) is 39.2 Å². The molecule has 1 fully saturated rings. The molecule has 2 atom stereocenters. The maximum Gasteiger partial charge on any atom is 0.239 e. The Hall–Kier alpha value is -1.39. The highest BCUT2D eigenvalue weighted by molar-refractivity contribution is 5.83. The quantitative estimate of drug-likeness (QED) is 0.878. The molecule has 1 aromatic rings. The molecule has 0 bridgehead atoms. The number of hydrogen-bond acceptors (Lipinski definition) is 3. The monoisotopic (exact) mass is 304 g/mol. The van der Waals surface area contributed by atoms with Crippen LogP contribution in [0, 0.1) is 0 Å². The average Bonchev–Trinajstić information content (AvgIpc) is 2.50. The second-order valence-electron chi connectivity index (χ2n) is 6.60. The molecule has 22 heavy (non-hydrogen) atoms. The van der Waals surface area contributed by atoms with Crippen LogP contribution in [0.3, 0.4) is 0 Å². The first-order chi connectivity index (χ1) is 10.5. The number of benzene rings is 1. The minimum absolute atomic E-state index is 0.142. The molecule has 1 aliphatic heterocycles. The van der Waals surface area contributed by atoms with Crippen LogP contribution < -0.4 is 5.32 Å². The molecule has 0 saturated carbocycles. The van der Waals surface area contributed by atoms with Gasteiger partial charge in [0.25, 0.3) is 0 Å². The first-order valence-electron chi connectivity index (χ1n) is 8.10. The van der Waals surface area contributed by atoms with Gasteiger partial charge >= 0.3 is 0 Å². The van der Waals surface area contributed by atoms with Gasteiger partial charge in [0.15, 0.2) is 0 Å². The van der Waals surface area contributed by atoms with Gasteiger partial charge in [0.05, 0.1) is 18.2 Å². The van der Waals surface area contributed by atoms with Crippen molar-refractivity contribution in [2.24, 2.45) is 0 Å². The third kappa shape index (κ3) is 3.68. The summed E-state index contributed by atoms with van der Waals surface area (Å²) < 4.78 is 5.43. The van der Waals surface area contributed by atoms with Gasteiger partial charge in [-0.1, -0.05) is 30.3 Å². The molecular formula is C18H28N2O2. The summed E-state index contributed by atoms with van der Waals surface area (Å²) in [5.74, 6) is 0.208. The standard InChI is InChI=1S/C18H28N2O2/c1-14(2)20-12-8-11-16(17(20)21)19-18(3,13-22-4)15-9-6-5-7-10-15/h5-7,9-10,14,16,19H,8,11-13H2,1-4H3/t16-,18+/m0/s1. The fourth-order valence-corrected chi connectivity index (χ4v) is 3.23. The minimum Gasteiger partial charge on any atom is -0.382 e. The van der Waals surface area contributed by atoms with Crippen LogP contribution >= 0.6 is 0 Å². The molecule has 1 N–H and O–H groups in total. The Labute approximate surface area is 133 Å². The van der Waals surface area contributed by atoms with Crippen LogP contribution in [0.2, 0.25) is 0 Å². The highest BCUT2D eigenvalue weighted by atomic mass is 16.5. The third-order valence-corrected chi connectivity index (χ3v) is 4.43. The predicted octanol–water partition coefficient (Wildman–Crippen LogP) is 2.54. The highest BCUT2D eigenvalue weighted by Gasteiger charge is 2.36. The molecular weight excluding hydrogens is 276 g/mol. The SMILES string of the molecule is COC[C@@](C)(N[C@H]1CCCN(C(C)C)C1=O)c1ccccc1. The summed E-state index contributed by atoms with van der Waals surface area (Å²) in [4.78, 5) is 14.7. The van der Waals surface area contributed by atoms with E-state index in [2.05, 4.69) is 38.2 Å². The Morgan fingerprint density at radius 2 is 2.05 bits per heavy atom. The molecule has 4 heteroatoms. The van der Waals surface area contributed by atoms with Crippen LogP contribution in [0.5, 0.6) is 0 Å². The van der Waals surface area contributed by atoms with Crippen LogP contribution in [0.15, 0.2) is 30.3 Å². The molecule has 1 heterocycles. The lowest BCUT2D eigenvalue weighted by atomic mass is 9.90. The molecule has 0 radical (unpaired) electrons. The number of likely N-dealkylation sites (tertiary alicyclic amines) is 1. The summed E-state index contributed by atoms with van der Waals surface area (Å²) in [7, 11) is 1.70. The summed E-state index contributed by atoms with van der Waals surface area (Å²) in [6, 6.07) is 10.3. The summed E-state index contributed by atoms with van der Waals surface area (Å²) in [6.07, 6.45) is 1.92. The van der Waals surface area contributed by atoms with Crippen molar-refractivity contribution < 1.29 is 9.53 Å². The molecule has 0 unspecified atom stereocenters.